The Bertz CT molecular complexity index is 3120. The first kappa shape index (κ1) is 30.2. The first-order chi connectivity index (χ1) is 26.1. The fourth-order valence-corrected chi connectivity index (χ4v) is 9.51. The highest BCUT2D eigenvalue weighted by Crippen LogP contribution is 2.50. The largest absolute Gasteiger partial charge is 0.0619 e. The highest BCUT2D eigenvalue weighted by atomic mass is 14.4. The number of benzene rings is 10. The van der Waals surface area contributed by atoms with Gasteiger partial charge in [0.2, 0.25) is 0 Å². The Morgan fingerprint density at radius 3 is 1.30 bits per heavy atom. The maximum absolute atomic E-state index is 2.44. The van der Waals surface area contributed by atoms with Crippen LogP contribution in [0.15, 0.2) is 182 Å². The van der Waals surface area contributed by atoms with Crippen LogP contribution in [0.1, 0.15) is 25.0 Å². The van der Waals surface area contributed by atoms with E-state index in [1.54, 1.807) is 0 Å². The van der Waals surface area contributed by atoms with E-state index in [-0.39, 0.29) is 5.41 Å². The lowest BCUT2D eigenvalue weighted by molar-refractivity contribution is 0.660. The molecule has 0 aliphatic heterocycles. The fourth-order valence-electron chi connectivity index (χ4n) is 9.51. The van der Waals surface area contributed by atoms with E-state index in [0.717, 1.165) is 0 Å². The molecule has 0 spiro atoms. The van der Waals surface area contributed by atoms with Gasteiger partial charge in [-0.1, -0.05) is 184 Å². The van der Waals surface area contributed by atoms with Crippen molar-refractivity contribution in [3.8, 4) is 44.5 Å². The molecule has 10 aromatic carbocycles. The summed E-state index contributed by atoms with van der Waals surface area (Å²) in [7, 11) is 0. The van der Waals surface area contributed by atoms with Crippen molar-refractivity contribution in [1.29, 1.82) is 0 Å². The van der Waals surface area contributed by atoms with Crippen LogP contribution in [0.5, 0.6) is 0 Å². The summed E-state index contributed by atoms with van der Waals surface area (Å²) in [4.78, 5) is 0. The maximum Gasteiger partial charge on any atom is 0.0159 e. The number of hydrogen-bond acceptors (Lipinski definition) is 0. The van der Waals surface area contributed by atoms with Gasteiger partial charge in [-0.2, -0.15) is 0 Å². The van der Waals surface area contributed by atoms with Crippen molar-refractivity contribution in [1.82, 2.24) is 0 Å². The van der Waals surface area contributed by atoms with E-state index < -0.39 is 0 Å². The molecular weight excluding hydrogens is 637 g/mol. The molecule has 0 saturated carbocycles. The Hall–Kier alpha value is -6.50. The van der Waals surface area contributed by atoms with E-state index in [1.807, 2.05) is 0 Å². The fraction of sp³-hybridized carbons (Fsp3) is 0.0566. The molecule has 0 saturated heterocycles. The predicted molar refractivity (Wildman–Crippen MR) is 228 cm³/mol. The molecule has 53 heavy (non-hydrogen) atoms. The Labute approximate surface area is 309 Å². The molecule has 10 aromatic rings. The van der Waals surface area contributed by atoms with Crippen LogP contribution in [0.3, 0.4) is 0 Å². The van der Waals surface area contributed by atoms with Gasteiger partial charge in [-0.05, 0) is 122 Å². The molecule has 0 unspecified atom stereocenters. The monoisotopic (exact) mass is 672 g/mol. The molecule has 0 fully saturated rings. The molecule has 0 aromatic heterocycles. The molecule has 1 aliphatic carbocycles. The molecule has 0 bridgehead atoms. The highest BCUT2D eigenvalue weighted by Gasteiger charge is 2.35. The van der Waals surface area contributed by atoms with Crippen LogP contribution >= 0.6 is 0 Å². The zero-order valence-corrected chi connectivity index (χ0v) is 29.8. The topological polar surface area (TPSA) is 0 Å². The third kappa shape index (κ3) is 4.36. The van der Waals surface area contributed by atoms with Crippen molar-refractivity contribution in [3.63, 3.8) is 0 Å². The predicted octanol–water partition coefficient (Wildman–Crippen LogP) is 14.8. The maximum atomic E-state index is 2.44. The molecule has 11 rings (SSSR count). The standard InChI is InChI=1S/C53H36/c1-53(2)50-22-12-11-19-44(50)45-28-27-35(31-51(45)53)37-30-29-36(38-13-3-4-14-39(37)38)33-23-25-34(26-24-33)48-32-49-42-17-6-5-15-40(42)41-16-7-9-20-46(41)52(49)47-21-10-8-18-43(47)48/h3-32H,1-2H3. The van der Waals surface area contributed by atoms with Crippen molar-refractivity contribution in [2.24, 2.45) is 0 Å². The van der Waals surface area contributed by atoms with Gasteiger partial charge in [-0.3, -0.25) is 0 Å². The second-order valence-corrected chi connectivity index (χ2v) is 15.2. The Morgan fingerprint density at radius 1 is 0.264 bits per heavy atom. The third-order valence-corrected chi connectivity index (χ3v) is 12.1. The van der Waals surface area contributed by atoms with Crippen LogP contribution in [0.4, 0.5) is 0 Å². The molecule has 0 heteroatoms. The Balaban J connectivity index is 1.04. The summed E-state index contributed by atoms with van der Waals surface area (Å²) in [5.74, 6) is 0. The molecule has 0 atom stereocenters. The van der Waals surface area contributed by atoms with E-state index in [2.05, 4.69) is 196 Å². The van der Waals surface area contributed by atoms with E-state index in [0.29, 0.717) is 0 Å². The van der Waals surface area contributed by atoms with Gasteiger partial charge < -0.3 is 0 Å². The van der Waals surface area contributed by atoms with Gasteiger partial charge in [0.05, 0.1) is 0 Å². The number of rotatable bonds is 3. The van der Waals surface area contributed by atoms with Gasteiger partial charge in [-0.15, -0.1) is 0 Å². The van der Waals surface area contributed by atoms with Gasteiger partial charge in [0.1, 0.15) is 0 Å². The molecule has 0 amide bonds. The summed E-state index contributed by atoms with van der Waals surface area (Å²) < 4.78 is 0. The minimum absolute atomic E-state index is 0.0311. The average molecular weight is 673 g/mol. The van der Waals surface area contributed by atoms with Crippen molar-refractivity contribution >= 4 is 53.9 Å². The summed E-state index contributed by atoms with van der Waals surface area (Å²) in [6.07, 6.45) is 0. The van der Waals surface area contributed by atoms with E-state index in [1.165, 1.54) is 109 Å². The van der Waals surface area contributed by atoms with Gasteiger partial charge in [0.15, 0.2) is 0 Å². The smallest absolute Gasteiger partial charge is 0.0159 e. The Kier molecular flexibility index (Phi) is 6.40. The molecule has 0 N–H and O–H groups in total. The van der Waals surface area contributed by atoms with Crippen LogP contribution < -0.4 is 0 Å². The molecule has 1 aliphatic rings. The molecule has 248 valence electrons. The number of hydrogen-bond donors (Lipinski definition) is 0. The molecule has 0 radical (unpaired) electrons. The van der Waals surface area contributed by atoms with Crippen molar-refractivity contribution in [2.45, 2.75) is 19.3 Å². The van der Waals surface area contributed by atoms with Crippen LogP contribution in [-0.2, 0) is 5.41 Å². The van der Waals surface area contributed by atoms with E-state index >= 15 is 0 Å². The minimum Gasteiger partial charge on any atom is -0.0619 e. The third-order valence-electron chi connectivity index (χ3n) is 12.1. The molecule has 0 nitrogen and oxygen atoms in total. The van der Waals surface area contributed by atoms with Gasteiger partial charge in [0.25, 0.3) is 0 Å². The lowest BCUT2D eigenvalue weighted by atomic mass is 9.81. The van der Waals surface area contributed by atoms with Crippen molar-refractivity contribution in [3.05, 3.63) is 193 Å². The van der Waals surface area contributed by atoms with E-state index in [4.69, 9.17) is 0 Å². The van der Waals surface area contributed by atoms with E-state index in [9.17, 15) is 0 Å². The van der Waals surface area contributed by atoms with Gasteiger partial charge in [-0.25, -0.2) is 0 Å². The summed E-state index contributed by atoms with van der Waals surface area (Å²) >= 11 is 0. The summed E-state index contributed by atoms with van der Waals surface area (Å²) in [6.45, 7) is 4.72. The zero-order valence-electron chi connectivity index (χ0n) is 29.8. The highest BCUT2D eigenvalue weighted by molar-refractivity contribution is 6.33. The molecule has 0 heterocycles. The first-order valence-electron chi connectivity index (χ1n) is 18.7. The summed E-state index contributed by atoms with van der Waals surface area (Å²) in [5, 5.41) is 13.0. The summed E-state index contributed by atoms with van der Waals surface area (Å²) in [5.41, 5.74) is 13.0. The summed E-state index contributed by atoms with van der Waals surface area (Å²) in [6, 6.07) is 67.9. The minimum atomic E-state index is -0.0311. The zero-order chi connectivity index (χ0) is 35.3. The SMILES string of the molecule is CC1(C)c2ccccc2-c2ccc(-c3ccc(-c4ccc(-c5cc6c7ccccc7c7ccccc7c6c6ccccc56)cc4)c4ccccc34)cc21. The number of fused-ring (bicyclic) bond motifs is 12. The van der Waals surface area contributed by atoms with Crippen LogP contribution in [0.2, 0.25) is 0 Å². The van der Waals surface area contributed by atoms with Crippen molar-refractivity contribution < 1.29 is 0 Å². The van der Waals surface area contributed by atoms with Crippen LogP contribution in [0, 0.1) is 0 Å². The van der Waals surface area contributed by atoms with Crippen molar-refractivity contribution in [2.75, 3.05) is 0 Å². The average Bonchev–Trinajstić information content (AvgIpc) is 3.45. The lowest BCUT2D eigenvalue weighted by Crippen LogP contribution is -2.14. The van der Waals surface area contributed by atoms with Gasteiger partial charge >= 0.3 is 0 Å². The first-order valence-corrected chi connectivity index (χ1v) is 18.7. The van der Waals surface area contributed by atoms with Crippen LogP contribution in [0.25, 0.3) is 98.4 Å². The Morgan fingerprint density at radius 2 is 0.660 bits per heavy atom. The second kappa shape index (κ2) is 11.2. The quantitative estimate of drug-likeness (QED) is 0.164. The van der Waals surface area contributed by atoms with Crippen LogP contribution in [-0.4, -0.2) is 0 Å². The van der Waals surface area contributed by atoms with Gasteiger partial charge in [0, 0.05) is 5.41 Å². The second-order valence-electron chi connectivity index (χ2n) is 15.2. The molecular formula is C53H36. The lowest BCUT2D eigenvalue weighted by Gasteiger charge is -2.22. The normalized spacial score (nSPS) is 13.2.